The van der Waals surface area contributed by atoms with Crippen molar-refractivity contribution in [3.05, 3.63) is 35.9 Å². The molecule has 160 valence electrons. The Hall–Kier alpha value is -1.84. The molecule has 1 unspecified atom stereocenters. The summed E-state index contributed by atoms with van der Waals surface area (Å²) in [5.74, 6) is 1.01. The Labute approximate surface area is 172 Å². The van der Waals surface area contributed by atoms with Crippen molar-refractivity contribution in [2.24, 2.45) is 17.8 Å². The molecule has 1 fully saturated rings. The number of hydrogen-bond donors (Lipinski definition) is 1. The largest absolute Gasteiger partial charge is 0.467 e. The van der Waals surface area contributed by atoms with Gasteiger partial charge in [0.2, 0.25) is 5.91 Å². The minimum absolute atomic E-state index is 0. The fraction of sp³-hybridized carbons (Fsp3) is 0.667. The maximum absolute atomic E-state index is 12.6. The number of hydrogen-bond acceptors (Lipinski definition) is 3. The van der Waals surface area contributed by atoms with Crippen LogP contribution in [0.15, 0.2) is 30.3 Å². The Morgan fingerprint density at radius 2 is 1.61 bits per heavy atom. The lowest BCUT2D eigenvalue weighted by Crippen LogP contribution is -2.46. The van der Waals surface area contributed by atoms with Crippen LogP contribution >= 0.6 is 0 Å². The predicted octanol–water partition coefficient (Wildman–Crippen LogP) is 5.40. The zero-order valence-corrected chi connectivity index (χ0v) is 17.7. The van der Waals surface area contributed by atoms with Gasteiger partial charge in [0.1, 0.15) is 6.04 Å². The molecule has 1 N–H and O–H groups in total. The van der Waals surface area contributed by atoms with Crippen molar-refractivity contribution in [3.8, 4) is 0 Å². The summed E-state index contributed by atoms with van der Waals surface area (Å²) in [5, 5.41) is 2.92. The zero-order chi connectivity index (χ0) is 20.2. The molecular formula is C24H41NO3. The number of esters is 1. The minimum Gasteiger partial charge on any atom is -0.467 e. The van der Waals surface area contributed by atoms with E-state index in [0.29, 0.717) is 12.3 Å². The number of carbonyl (C=O) groups is 2. The van der Waals surface area contributed by atoms with Crippen LogP contribution < -0.4 is 5.32 Å². The highest BCUT2D eigenvalue weighted by Gasteiger charge is 2.30. The molecular weight excluding hydrogens is 350 g/mol. The first kappa shape index (κ1) is 26.2. The molecule has 0 bridgehead atoms. The Balaban J connectivity index is 0.00000171. The van der Waals surface area contributed by atoms with Crippen LogP contribution in [0.1, 0.15) is 72.8 Å². The molecule has 0 aliphatic heterocycles. The molecule has 1 saturated carbocycles. The summed E-state index contributed by atoms with van der Waals surface area (Å²) in [6.45, 7) is 8.75. The first-order valence-electron chi connectivity index (χ1n) is 10.3. The molecule has 1 atom stereocenters. The summed E-state index contributed by atoms with van der Waals surface area (Å²) < 4.78 is 4.87. The number of benzene rings is 1. The molecule has 0 aromatic heterocycles. The summed E-state index contributed by atoms with van der Waals surface area (Å²) in [7, 11) is 1.36. The molecule has 0 saturated heterocycles. The average molecular weight is 392 g/mol. The van der Waals surface area contributed by atoms with Gasteiger partial charge in [0, 0.05) is 12.3 Å². The number of rotatable bonds is 6. The average Bonchev–Trinajstić information content (AvgIpc) is 2.68. The summed E-state index contributed by atoms with van der Waals surface area (Å²) in [5.41, 5.74) is 1.01. The maximum Gasteiger partial charge on any atom is 0.328 e. The fourth-order valence-electron chi connectivity index (χ4n) is 3.52. The molecule has 1 amide bonds. The van der Waals surface area contributed by atoms with E-state index in [4.69, 9.17) is 4.74 Å². The van der Waals surface area contributed by atoms with Gasteiger partial charge in [-0.05, 0) is 43.1 Å². The van der Waals surface area contributed by atoms with Gasteiger partial charge in [-0.2, -0.15) is 0 Å². The number of methoxy groups -OCH3 is 1. The molecule has 0 radical (unpaired) electrons. The monoisotopic (exact) mass is 391 g/mol. The zero-order valence-electron chi connectivity index (χ0n) is 17.7. The summed E-state index contributed by atoms with van der Waals surface area (Å²) >= 11 is 0. The molecule has 0 heterocycles. The van der Waals surface area contributed by atoms with Crippen LogP contribution in [0.2, 0.25) is 0 Å². The standard InChI is InChI=1S/C20H29NO3.C3H8.CH4/c1-14(2)16-9-11-17(12-10-16)19(22)21-18(20(23)24-3)13-15-7-5-4-6-8-15;1-3-2;/h4-8,14,16-18H,9-13H2,1-3H3,(H,21,22);3H2,1-2H3;1H4. The van der Waals surface area contributed by atoms with Gasteiger partial charge in [0.15, 0.2) is 0 Å². The highest BCUT2D eigenvalue weighted by Crippen LogP contribution is 2.33. The second kappa shape index (κ2) is 14.2. The quantitative estimate of drug-likeness (QED) is 0.660. The van der Waals surface area contributed by atoms with Gasteiger partial charge in [-0.3, -0.25) is 4.79 Å². The number of ether oxygens (including phenoxy) is 1. The van der Waals surface area contributed by atoms with Gasteiger partial charge in [-0.1, -0.05) is 71.9 Å². The third-order valence-corrected chi connectivity index (χ3v) is 5.17. The van der Waals surface area contributed by atoms with Gasteiger partial charge in [-0.15, -0.1) is 0 Å². The van der Waals surface area contributed by atoms with Crippen molar-refractivity contribution < 1.29 is 14.3 Å². The molecule has 0 spiro atoms. The van der Waals surface area contributed by atoms with Gasteiger partial charge in [0.25, 0.3) is 0 Å². The van der Waals surface area contributed by atoms with Crippen LogP contribution in [0.25, 0.3) is 0 Å². The fourth-order valence-corrected chi connectivity index (χ4v) is 3.52. The van der Waals surface area contributed by atoms with Gasteiger partial charge in [-0.25, -0.2) is 4.79 Å². The smallest absolute Gasteiger partial charge is 0.328 e. The molecule has 28 heavy (non-hydrogen) atoms. The van der Waals surface area contributed by atoms with E-state index >= 15 is 0 Å². The highest BCUT2D eigenvalue weighted by molar-refractivity contribution is 5.86. The van der Waals surface area contributed by atoms with Crippen molar-refractivity contribution in [1.29, 1.82) is 0 Å². The van der Waals surface area contributed by atoms with Crippen molar-refractivity contribution in [3.63, 3.8) is 0 Å². The summed E-state index contributed by atoms with van der Waals surface area (Å²) in [6.07, 6.45) is 5.72. The highest BCUT2D eigenvalue weighted by atomic mass is 16.5. The summed E-state index contributed by atoms with van der Waals surface area (Å²) in [4.78, 5) is 24.6. The van der Waals surface area contributed by atoms with E-state index < -0.39 is 6.04 Å². The maximum atomic E-state index is 12.6. The van der Waals surface area contributed by atoms with Crippen LogP contribution in [0.3, 0.4) is 0 Å². The van der Waals surface area contributed by atoms with E-state index in [9.17, 15) is 9.59 Å². The summed E-state index contributed by atoms with van der Waals surface area (Å²) in [6, 6.07) is 9.08. The normalized spacial score (nSPS) is 19.5. The Morgan fingerprint density at radius 3 is 2.07 bits per heavy atom. The van der Waals surface area contributed by atoms with Crippen LogP contribution in [-0.2, 0) is 20.7 Å². The van der Waals surface area contributed by atoms with Crippen molar-refractivity contribution in [2.75, 3.05) is 7.11 Å². The lowest BCUT2D eigenvalue weighted by Gasteiger charge is -2.31. The van der Waals surface area contributed by atoms with Gasteiger partial charge in [0.05, 0.1) is 7.11 Å². The molecule has 4 nitrogen and oxygen atoms in total. The SMILES string of the molecule is C.CCC.COC(=O)C(Cc1ccccc1)NC(=O)C1CCC(C(C)C)CC1. The van der Waals surface area contributed by atoms with Crippen molar-refractivity contribution in [2.45, 2.75) is 79.7 Å². The first-order chi connectivity index (χ1) is 12.9. The Kier molecular flexibility index (Phi) is 13.3. The Morgan fingerprint density at radius 1 is 1.07 bits per heavy atom. The topological polar surface area (TPSA) is 55.4 Å². The van der Waals surface area contributed by atoms with E-state index in [0.717, 1.165) is 37.2 Å². The van der Waals surface area contributed by atoms with E-state index in [1.807, 2.05) is 30.3 Å². The second-order valence-corrected chi connectivity index (χ2v) is 7.84. The third kappa shape index (κ3) is 8.90. The van der Waals surface area contributed by atoms with Crippen LogP contribution in [0, 0.1) is 17.8 Å². The molecule has 4 heteroatoms. The number of amides is 1. The van der Waals surface area contributed by atoms with E-state index in [1.54, 1.807) is 0 Å². The van der Waals surface area contributed by atoms with E-state index in [-0.39, 0.29) is 25.2 Å². The van der Waals surface area contributed by atoms with E-state index in [1.165, 1.54) is 13.5 Å². The van der Waals surface area contributed by atoms with Gasteiger partial charge >= 0.3 is 5.97 Å². The first-order valence-corrected chi connectivity index (χ1v) is 10.3. The Bertz CT molecular complexity index is 548. The van der Waals surface area contributed by atoms with Crippen molar-refractivity contribution >= 4 is 11.9 Å². The van der Waals surface area contributed by atoms with E-state index in [2.05, 4.69) is 33.0 Å². The lowest BCUT2D eigenvalue weighted by atomic mass is 9.76. The second-order valence-electron chi connectivity index (χ2n) is 7.84. The van der Waals surface area contributed by atoms with Crippen LogP contribution in [-0.4, -0.2) is 25.0 Å². The predicted molar refractivity (Wildman–Crippen MR) is 117 cm³/mol. The molecule has 1 aromatic carbocycles. The van der Waals surface area contributed by atoms with Crippen molar-refractivity contribution in [1.82, 2.24) is 5.32 Å². The molecule has 1 aromatic rings. The molecule has 1 aliphatic rings. The van der Waals surface area contributed by atoms with Crippen LogP contribution in [0.4, 0.5) is 0 Å². The van der Waals surface area contributed by atoms with Gasteiger partial charge < -0.3 is 10.1 Å². The van der Waals surface area contributed by atoms with Crippen LogP contribution in [0.5, 0.6) is 0 Å². The number of nitrogens with one attached hydrogen (secondary N) is 1. The minimum atomic E-state index is -0.618. The molecule has 2 rings (SSSR count). The number of carbonyl (C=O) groups excluding carboxylic acids is 2. The third-order valence-electron chi connectivity index (χ3n) is 5.17. The lowest BCUT2D eigenvalue weighted by molar-refractivity contribution is -0.145. The molecule has 1 aliphatic carbocycles.